The Morgan fingerprint density at radius 3 is 3.04 bits per heavy atom. The lowest BCUT2D eigenvalue weighted by molar-refractivity contribution is -0.0140. The summed E-state index contributed by atoms with van der Waals surface area (Å²) in [6.07, 6.45) is 1.16. The van der Waals surface area contributed by atoms with Gasteiger partial charge in [0.15, 0.2) is 0 Å². The minimum Gasteiger partial charge on any atom is -0.497 e. The zero-order valence-electron chi connectivity index (χ0n) is 12.7. The number of carbonyl (C=O) groups is 1. The van der Waals surface area contributed by atoms with Crippen LogP contribution < -0.4 is 15.5 Å². The third kappa shape index (κ3) is 3.06. The van der Waals surface area contributed by atoms with Gasteiger partial charge in [0, 0.05) is 23.7 Å². The van der Waals surface area contributed by atoms with E-state index in [1.54, 1.807) is 18.2 Å². The molecule has 0 aliphatic carbocycles. The first kappa shape index (κ1) is 15.5. The number of ether oxygens (including phenoxy) is 2. The van der Waals surface area contributed by atoms with Gasteiger partial charge < -0.3 is 24.9 Å². The van der Waals surface area contributed by atoms with Crippen LogP contribution in [0.4, 0.5) is 0 Å². The van der Waals surface area contributed by atoms with Crippen LogP contribution >= 0.6 is 0 Å². The predicted octanol–water partition coefficient (Wildman–Crippen LogP) is 0.416. The van der Waals surface area contributed by atoms with Crippen LogP contribution in [0.1, 0.15) is 16.8 Å². The highest BCUT2D eigenvalue weighted by Gasteiger charge is 2.26. The van der Waals surface area contributed by atoms with Gasteiger partial charge in [-0.1, -0.05) is 0 Å². The number of aliphatic hydroxyl groups is 1. The molecular weight excluding hydrogens is 300 g/mol. The van der Waals surface area contributed by atoms with Gasteiger partial charge in [-0.2, -0.15) is 0 Å². The van der Waals surface area contributed by atoms with Crippen LogP contribution in [0.5, 0.6) is 5.75 Å². The van der Waals surface area contributed by atoms with Crippen molar-refractivity contribution in [2.75, 3.05) is 20.3 Å². The molecule has 3 N–H and O–H groups in total. The van der Waals surface area contributed by atoms with Crippen molar-refractivity contribution in [2.24, 2.45) is 0 Å². The summed E-state index contributed by atoms with van der Waals surface area (Å²) in [6.45, 7) is 0.691. The van der Waals surface area contributed by atoms with Crippen LogP contribution in [0.15, 0.2) is 29.2 Å². The number of hydrogen-bond donors (Lipinski definition) is 3. The molecule has 0 saturated carbocycles. The van der Waals surface area contributed by atoms with E-state index in [4.69, 9.17) is 9.47 Å². The largest absolute Gasteiger partial charge is 0.497 e. The van der Waals surface area contributed by atoms with Gasteiger partial charge >= 0.3 is 0 Å². The summed E-state index contributed by atoms with van der Waals surface area (Å²) in [5, 5.41) is 12.9. The maximum Gasteiger partial charge on any atom is 0.257 e. The van der Waals surface area contributed by atoms with Crippen molar-refractivity contribution in [3.63, 3.8) is 0 Å². The summed E-state index contributed by atoms with van der Waals surface area (Å²) >= 11 is 0. The number of carbonyl (C=O) groups excluding carboxylic acids is 1. The Balaban J connectivity index is 1.91. The smallest absolute Gasteiger partial charge is 0.257 e. The quantitative estimate of drug-likeness (QED) is 0.761. The van der Waals surface area contributed by atoms with Gasteiger partial charge in [0.05, 0.1) is 25.9 Å². The summed E-state index contributed by atoms with van der Waals surface area (Å²) < 4.78 is 10.4. The SMILES string of the molecule is COc1ccc2[nH]cc(C(=O)N[C@H]3COCC[C@@H]3O)c(=O)c2c1. The fourth-order valence-electron chi connectivity index (χ4n) is 2.60. The molecular formula is C16H18N2O5. The molecule has 1 aromatic heterocycles. The Morgan fingerprint density at radius 1 is 1.48 bits per heavy atom. The van der Waals surface area contributed by atoms with Crippen molar-refractivity contribution < 1.29 is 19.4 Å². The number of benzene rings is 1. The molecule has 0 spiro atoms. The molecule has 1 amide bonds. The summed E-state index contributed by atoms with van der Waals surface area (Å²) in [7, 11) is 1.51. The average Bonchev–Trinajstić information content (AvgIpc) is 2.57. The van der Waals surface area contributed by atoms with E-state index in [-0.39, 0.29) is 17.6 Å². The third-order valence-corrected chi connectivity index (χ3v) is 3.97. The lowest BCUT2D eigenvalue weighted by atomic mass is 10.1. The average molecular weight is 318 g/mol. The van der Waals surface area contributed by atoms with Crippen LogP contribution in [-0.2, 0) is 4.74 Å². The van der Waals surface area contributed by atoms with Crippen molar-refractivity contribution >= 4 is 16.8 Å². The molecule has 0 radical (unpaired) electrons. The van der Waals surface area contributed by atoms with E-state index in [1.807, 2.05) is 0 Å². The summed E-state index contributed by atoms with van der Waals surface area (Å²) in [6, 6.07) is 4.52. The first-order valence-electron chi connectivity index (χ1n) is 7.36. The minimum absolute atomic E-state index is 0.0106. The highest BCUT2D eigenvalue weighted by atomic mass is 16.5. The fraction of sp³-hybridized carbons (Fsp3) is 0.375. The number of amides is 1. The molecule has 2 heterocycles. The molecule has 122 valence electrons. The summed E-state index contributed by atoms with van der Waals surface area (Å²) in [5.41, 5.74) is 0.221. The zero-order valence-corrected chi connectivity index (χ0v) is 12.7. The number of methoxy groups -OCH3 is 1. The Bertz CT molecular complexity index is 786. The first-order valence-corrected chi connectivity index (χ1v) is 7.36. The number of rotatable bonds is 3. The van der Waals surface area contributed by atoms with Gasteiger partial charge in [-0.15, -0.1) is 0 Å². The number of hydrogen-bond acceptors (Lipinski definition) is 5. The van der Waals surface area contributed by atoms with Crippen LogP contribution in [-0.4, -0.2) is 48.5 Å². The number of aromatic nitrogens is 1. The van der Waals surface area contributed by atoms with Crippen molar-refractivity contribution in [2.45, 2.75) is 18.6 Å². The van der Waals surface area contributed by atoms with E-state index in [2.05, 4.69) is 10.3 Å². The molecule has 23 heavy (non-hydrogen) atoms. The van der Waals surface area contributed by atoms with Crippen molar-refractivity contribution in [3.8, 4) is 5.75 Å². The summed E-state index contributed by atoms with van der Waals surface area (Å²) in [5.74, 6) is 0.00202. The van der Waals surface area contributed by atoms with Crippen LogP contribution in [0, 0.1) is 0 Å². The highest BCUT2D eigenvalue weighted by molar-refractivity contribution is 5.97. The second kappa shape index (κ2) is 6.39. The fourth-order valence-corrected chi connectivity index (χ4v) is 2.60. The number of nitrogens with one attached hydrogen (secondary N) is 2. The Kier molecular flexibility index (Phi) is 4.31. The predicted molar refractivity (Wildman–Crippen MR) is 83.8 cm³/mol. The maximum absolute atomic E-state index is 12.5. The molecule has 1 aromatic carbocycles. The Labute approximate surface area is 132 Å². The molecule has 7 heteroatoms. The van der Waals surface area contributed by atoms with Crippen LogP contribution in [0.25, 0.3) is 10.9 Å². The topological polar surface area (TPSA) is 101 Å². The van der Waals surface area contributed by atoms with Gasteiger partial charge in [-0.3, -0.25) is 9.59 Å². The Hall–Kier alpha value is -2.38. The second-order valence-corrected chi connectivity index (χ2v) is 5.45. The summed E-state index contributed by atoms with van der Waals surface area (Å²) in [4.78, 5) is 27.8. The molecule has 2 aromatic rings. The Morgan fingerprint density at radius 2 is 2.30 bits per heavy atom. The highest BCUT2D eigenvalue weighted by Crippen LogP contribution is 2.17. The molecule has 0 bridgehead atoms. The molecule has 7 nitrogen and oxygen atoms in total. The van der Waals surface area contributed by atoms with Gasteiger partial charge in [0.1, 0.15) is 11.3 Å². The van der Waals surface area contributed by atoms with Crippen LogP contribution in [0.2, 0.25) is 0 Å². The van der Waals surface area contributed by atoms with E-state index in [0.29, 0.717) is 29.7 Å². The van der Waals surface area contributed by atoms with Crippen molar-refractivity contribution in [1.82, 2.24) is 10.3 Å². The van der Waals surface area contributed by atoms with E-state index in [0.717, 1.165) is 0 Å². The van der Waals surface area contributed by atoms with Crippen molar-refractivity contribution in [1.29, 1.82) is 0 Å². The lowest BCUT2D eigenvalue weighted by Crippen LogP contribution is -2.50. The number of fused-ring (bicyclic) bond motifs is 1. The van der Waals surface area contributed by atoms with E-state index in [1.165, 1.54) is 13.3 Å². The van der Waals surface area contributed by atoms with E-state index < -0.39 is 18.1 Å². The lowest BCUT2D eigenvalue weighted by Gasteiger charge is -2.28. The zero-order chi connectivity index (χ0) is 16.4. The second-order valence-electron chi connectivity index (χ2n) is 5.45. The molecule has 2 atom stereocenters. The third-order valence-electron chi connectivity index (χ3n) is 3.97. The van der Waals surface area contributed by atoms with Crippen LogP contribution in [0.3, 0.4) is 0 Å². The normalized spacial score (nSPS) is 21.1. The molecule has 1 fully saturated rings. The van der Waals surface area contributed by atoms with Crippen molar-refractivity contribution in [3.05, 3.63) is 40.2 Å². The number of aromatic amines is 1. The number of H-pyrrole nitrogens is 1. The van der Waals surface area contributed by atoms with Gasteiger partial charge in [0.2, 0.25) is 5.43 Å². The van der Waals surface area contributed by atoms with Gasteiger partial charge in [0.25, 0.3) is 5.91 Å². The molecule has 1 aliphatic rings. The standard InChI is InChI=1S/C16H18N2O5/c1-22-9-2-3-12-10(6-9)15(20)11(7-17-12)16(21)18-13-8-23-5-4-14(13)19/h2-3,6-7,13-14,19H,4-5,8H2,1H3,(H,17,20)(H,18,21)/t13-,14-/m0/s1. The van der Waals surface area contributed by atoms with E-state index in [9.17, 15) is 14.7 Å². The van der Waals surface area contributed by atoms with Gasteiger partial charge in [-0.25, -0.2) is 0 Å². The number of pyridine rings is 1. The monoisotopic (exact) mass is 318 g/mol. The number of aliphatic hydroxyl groups excluding tert-OH is 1. The maximum atomic E-state index is 12.5. The molecule has 1 saturated heterocycles. The van der Waals surface area contributed by atoms with Gasteiger partial charge in [-0.05, 0) is 24.6 Å². The first-order chi connectivity index (χ1) is 11.1. The van der Waals surface area contributed by atoms with E-state index >= 15 is 0 Å². The molecule has 3 rings (SSSR count). The minimum atomic E-state index is -0.674. The molecule has 0 unspecified atom stereocenters. The molecule has 1 aliphatic heterocycles.